The van der Waals surface area contributed by atoms with Crippen molar-refractivity contribution >= 4 is 29.1 Å². The summed E-state index contributed by atoms with van der Waals surface area (Å²) in [5.74, 6) is 0.730. The molecule has 3 rings (SSSR count). The fraction of sp³-hybridized carbons (Fsp3) is 0.364. The Morgan fingerprint density at radius 1 is 1.18 bits per heavy atom. The smallest absolute Gasteiger partial charge is 0.227 e. The topological polar surface area (TPSA) is 58.6 Å². The summed E-state index contributed by atoms with van der Waals surface area (Å²) in [5.41, 5.74) is 1.81. The van der Waals surface area contributed by atoms with Crippen molar-refractivity contribution in [1.29, 1.82) is 0 Å². The summed E-state index contributed by atoms with van der Waals surface area (Å²) in [6, 6.07) is 14.9. The molecule has 148 valence electrons. The third-order valence-corrected chi connectivity index (χ3v) is 4.90. The highest BCUT2D eigenvalue weighted by atomic mass is 35.5. The summed E-state index contributed by atoms with van der Waals surface area (Å²) < 4.78 is 5.78. The molecular weight excluding hydrogens is 376 g/mol. The lowest BCUT2D eigenvalue weighted by molar-refractivity contribution is -0.126. The number of ether oxygens (including phenoxy) is 1. The fourth-order valence-corrected chi connectivity index (χ4v) is 3.18. The van der Waals surface area contributed by atoms with Crippen LogP contribution in [0.2, 0.25) is 5.02 Å². The van der Waals surface area contributed by atoms with Gasteiger partial charge in [0.25, 0.3) is 0 Å². The first kappa shape index (κ1) is 20.2. The number of rotatable bonds is 7. The van der Waals surface area contributed by atoms with Crippen LogP contribution in [0.5, 0.6) is 5.75 Å². The van der Waals surface area contributed by atoms with Crippen LogP contribution in [0.3, 0.4) is 0 Å². The van der Waals surface area contributed by atoms with Crippen LogP contribution in [0.4, 0.5) is 5.69 Å². The zero-order chi connectivity index (χ0) is 20.1. The van der Waals surface area contributed by atoms with Crippen molar-refractivity contribution in [3.05, 3.63) is 59.1 Å². The SMILES string of the molecule is CC(C)CNC(=O)C1CC(=O)N(c2ccc(OCc3ccc(Cl)cc3)cc2)C1. The van der Waals surface area contributed by atoms with Gasteiger partial charge < -0.3 is 15.0 Å². The molecule has 1 saturated heterocycles. The van der Waals surface area contributed by atoms with Crippen LogP contribution in [0.1, 0.15) is 25.8 Å². The lowest BCUT2D eigenvalue weighted by Crippen LogP contribution is -2.34. The van der Waals surface area contributed by atoms with E-state index in [1.807, 2.05) is 62.4 Å². The Hall–Kier alpha value is -2.53. The molecule has 0 spiro atoms. The van der Waals surface area contributed by atoms with Gasteiger partial charge in [0.15, 0.2) is 0 Å². The first-order chi connectivity index (χ1) is 13.4. The van der Waals surface area contributed by atoms with Gasteiger partial charge in [0.2, 0.25) is 11.8 Å². The quantitative estimate of drug-likeness (QED) is 0.762. The van der Waals surface area contributed by atoms with Gasteiger partial charge in [-0.15, -0.1) is 0 Å². The molecule has 1 fully saturated rings. The zero-order valence-electron chi connectivity index (χ0n) is 16.2. The van der Waals surface area contributed by atoms with Gasteiger partial charge in [-0.25, -0.2) is 0 Å². The molecule has 0 aliphatic carbocycles. The van der Waals surface area contributed by atoms with Crippen LogP contribution in [0, 0.1) is 11.8 Å². The molecule has 2 aromatic carbocycles. The largest absolute Gasteiger partial charge is 0.489 e. The van der Waals surface area contributed by atoms with Crippen LogP contribution in [0.25, 0.3) is 0 Å². The summed E-state index contributed by atoms with van der Waals surface area (Å²) in [6.07, 6.45) is 0.249. The van der Waals surface area contributed by atoms with Gasteiger partial charge in [-0.3, -0.25) is 9.59 Å². The molecule has 2 amide bonds. The van der Waals surface area contributed by atoms with E-state index in [-0.39, 0.29) is 24.2 Å². The molecule has 0 aromatic heterocycles. The molecule has 1 atom stereocenters. The number of halogens is 1. The molecule has 0 saturated carbocycles. The first-order valence-electron chi connectivity index (χ1n) is 9.47. The molecule has 1 aliphatic heterocycles. The second kappa shape index (κ2) is 9.11. The summed E-state index contributed by atoms with van der Waals surface area (Å²) in [7, 11) is 0. The number of nitrogens with zero attached hydrogens (tertiary/aromatic N) is 1. The maximum Gasteiger partial charge on any atom is 0.227 e. The zero-order valence-corrected chi connectivity index (χ0v) is 16.9. The van der Waals surface area contributed by atoms with Crippen molar-refractivity contribution in [3.63, 3.8) is 0 Å². The van der Waals surface area contributed by atoms with Gasteiger partial charge in [-0.2, -0.15) is 0 Å². The van der Waals surface area contributed by atoms with E-state index in [1.54, 1.807) is 4.90 Å². The molecule has 28 heavy (non-hydrogen) atoms. The van der Waals surface area contributed by atoms with E-state index < -0.39 is 0 Å². The highest BCUT2D eigenvalue weighted by Gasteiger charge is 2.35. The molecule has 2 aromatic rings. The van der Waals surface area contributed by atoms with Gasteiger partial charge in [0.05, 0.1) is 5.92 Å². The molecule has 0 radical (unpaired) electrons. The Kier molecular flexibility index (Phi) is 6.57. The van der Waals surface area contributed by atoms with Crippen molar-refractivity contribution in [1.82, 2.24) is 5.32 Å². The standard InChI is InChI=1S/C22H25ClN2O3/c1-15(2)12-24-22(27)17-11-21(26)25(13-17)19-7-9-20(10-8-19)28-14-16-3-5-18(23)6-4-16/h3-10,15,17H,11-14H2,1-2H3,(H,24,27). The monoisotopic (exact) mass is 400 g/mol. The Balaban J connectivity index is 1.56. The molecule has 6 heteroatoms. The second-order valence-electron chi connectivity index (χ2n) is 7.45. The van der Waals surface area contributed by atoms with Crippen molar-refractivity contribution in [2.75, 3.05) is 18.0 Å². The van der Waals surface area contributed by atoms with Crippen LogP contribution in [0.15, 0.2) is 48.5 Å². The van der Waals surface area contributed by atoms with E-state index in [1.165, 1.54) is 0 Å². The highest BCUT2D eigenvalue weighted by Crippen LogP contribution is 2.27. The predicted octanol–water partition coefficient (Wildman–Crippen LogP) is 4.04. The van der Waals surface area contributed by atoms with Gasteiger partial charge >= 0.3 is 0 Å². The van der Waals surface area contributed by atoms with Gasteiger partial charge in [-0.1, -0.05) is 37.6 Å². The number of anilines is 1. The van der Waals surface area contributed by atoms with E-state index in [2.05, 4.69) is 5.32 Å². The number of carbonyl (C=O) groups excluding carboxylic acids is 2. The molecule has 1 aliphatic rings. The second-order valence-corrected chi connectivity index (χ2v) is 7.89. The number of carbonyl (C=O) groups is 2. The highest BCUT2D eigenvalue weighted by molar-refractivity contribution is 6.30. The molecule has 1 N–H and O–H groups in total. The van der Waals surface area contributed by atoms with E-state index in [4.69, 9.17) is 16.3 Å². The number of amides is 2. The molecule has 1 unspecified atom stereocenters. The number of benzene rings is 2. The summed E-state index contributed by atoms with van der Waals surface area (Å²) in [5, 5.41) is 3.61. The van der Waals surface area contributed by atoms with E-state index in [0.717, 1.165) is 17.0 Å². The van der Waals surface area contributed by atoms with Crippen LogP contribution in [-0.4, -0.2) is 24.9 Å². The maximum absolute atomic E-state index is 12.4. The lowest BCUT2D eigenvalue weighted by atomic mass is 10.1. The van der Waals surface area contributed by atoms with Crippen molar-refractivity contribution < 1.29 is 14.3 Å². The van der Waals surface area contributed by atoms with Crippen LogP contribution in [-0.2, 0) is 16.2 Å². The Labute approximate surface area is 170 Å². The number of hydrogen-bond donors (Lipinski definition) is 1. The Morgan fingerprint density at radius 2 is 1.86 bits per heavy atom. The molecule has 1 heterocycles. The van der Waals surface area contributed by atoms with Crippen LogP contribution >= 0.6 is 11.6 Å². The average molecular weight is 401 g/mol. The van der Waals surface area contributed by atoms with Gasteiger partial charge in [-0.05, 0) is 47.9 Å². The van der Waals surface area contributed by atoms with Crippen LogP contribution < -0.4 is 15.0 Å². The maximum atomic E-state index is 12.4. The summed E-state index contributed by atoms with van der Waals surface area (Å²) in [6.45, 7) is 5.57. The number of nitrogens with one attached hydrogen (secondary N) is 1. The molecular formula is C22H25ClN2O3. The normalized spacial score (nSPS) is 16.5. The van der Waals surface area contributed by atoms with Crippen molar-refractivity contribution in [2.24, 2.45) is 11.8 Å². The molecule has 5 nitrogen and oxygen atoms in total. The minimum absolute atomic E-state index is 0.0282. The van der Waals surface area contributed by atoms with Gasteiger partial charge in [0, 0.05) is 30.2 Å². The average Bonchev–Trinajstić information content (AvgIpc) is 3.08. The number of hydrogen-bond acceptors (Lipinski definition) is 3. The predicted molar refractivity (Wildman–Crippen MR) is 111 cm³/mol. The lowest BCUT2D eigenvalue weighted by Gasteiger charge is -2.17. The Bertz CT molecular complexity index is 819. The minimum atomic E-state index is -0.299. The minimum Gasteiger partial charge on any atom is -0.489 e. The third kappa shape index (κ3) is 5.26. The first-order valence-corrected chi connectivity index (χ1v) is 9.85. The van der Waals surface area contributed by atoms with E-state index in [0.29, 0.717) is 30.6 Å². The van der Waals surface area contributed by atoms with E-state index in [9.17, 15) is 9.59 Å². The summed E-state index contributed by atoms with van der Waals surface area (Å²) in [4.78, 5) is 26.3. The van der Waals surface area contributed by atoms with Gasteiger partial charge in [0.1, 0.15) is 12.4 Å². The summed E-state index contributed by atoms with van der Waals surface area (Å²) >= 11 is 5.88. The third-order valence-electron chi connectivity index (χ3n) is 4.65. The fourth-order valence-electron chi connectivity index (χ4n) is 3.05. The Morgan fingerprint density at radius 3 is 2.50 bits per heavy atom. The van der Waals surface area contributed by atoms with E-state index >= 15 is 0 Å². The van der Waals surface area contributed by atoms with Crippen molar-refractivity contribution in [3.8, 4) is 5.75 Å². The van der Waals surface area contributed by atoms with Crippen molar-refractivity contribution in [2.45, 2.75) is 26.9 Å². The molecule has 0 bridgehead atoms.